The summed E-state index contributed by atoms with van der Waals surface area (Å²) in [5.41, 5.74) is 6.26. The number of nitrogens with one attached hydrogen (secondary N) is 2. The summed E-state index contributed by atoms with van der Waals surface area (Å²) in [6.07, 6.45) is -1.34. The van der Waals surface area contributed by atoms with Crippen molar-refractivity contribution in [1.29, 1.82) is 0 Å². The van der Waals surface area contributed by atoms with E-state index in [1.54, 1.807) is 20.8 Å². The monoisotopic (exact) mass is 484 g/mol. The summed E-state index contributed by atoms with van der Waals surface area (Å²) < 4.78 is 10.7. The fourth-order valence-corrected chi connectivity index (χ4v) is 3.06. The Hall–Kier alpha value is -3.59. The van der Waals surface area contributed by atoms with Crippen molar-refractivity contribution in [2.24, 2.45) is 5.92 Å². The van der Waals surface area contributed by atoms with E-state index in [0.717, 1.165) is 16.1 Å². The van der Waals surface area contributed by atoms with Crippen LogP contribution in [-0.4, -0.2) is 46.8 Å². The quantitative estimate of drug-likeness (QED) is 0.516. The zero-order chi connectivity index (χ0) is 25.8. The van der Waals surface area contributed by atoms with E-state index in [4.69, 9.17) is 9.47 Å². The summed E-state index contributed by atoms with van der Waals surface area (Å²) in [6, 6.07) is 18.7. The second kappa shape index (κ2) is 13.3. The van der Waals surface area contributed by atoms with Crippen molar-refractivity contribution in [3.05, 3.63) is 71.8 Å². The first-order chi connectivity index (χ1) is 16.5. The summed E-state index contributed by atoms with van der Waals surface area (Å²) in [4.78, 5) is 37.9. The third-order valence-electron chi connectivity index (χ3n) is 4.43. The molecule has 2 N–H and O–H groups in total. The highest BCUT2D eigenvalue weighted by Crippen LogP contribution is 2.09. The normalized spacial score (nSPS) is 11.2. The molecule has 0 radical (unpaired) electrons. The molecule has 0 atom stereocenters. The average molecular weight is 485 g/mol. The van der Waals surface area contributed by atoms with Crippen LogP contribution in [0.2, 0.25) is 0 Å². The van der Waals surface area contributed by atoms with Gasteiger partial charge in [0, 0.05) is 13.1 Å². The molecule has 9 nitrogen and oxygen atoms in total. The van der Waals surface area contributed by atoms with Gasteiger partial charge in [0.05, 0.1) is 6.54 Å². The summed E-state index contributed by atoms with van der Waals surface area (Å²) in [6.45, 7) is 9.51. The molecule has 35 heavy (non-hydrogen) atoms. The fraction of sp³-hybridized carbons (Fsp3) is 0.423. The first-order valence-electron chi connectivity index (χ1n) is 11.6. The summed E-state index contributed by atoms with van der Waals surface area (Å²) in [5, 5.41) is 2.59. The van der Waals surface area contributed by atoms with Crippen molar-refractivity contribution >= 4 is 18.1 Å². The summed E-state index contributed by atoms with van der Waals surface area (Å²) >= 11 is 0. The lowest BCUT2D eigenvalue weighted by molar-refractivity contribution is -0.127. The van der Waals surface area contributed by atoms with E-state index in [9.17, 15) is 14.4 Å². The van der Waals surface area contributed by atoms with Gasteiger partial charge in [-0.2, -0.15) is 0 Å². The van der Waals surface area contributed by atoms with Gasteiger partial charge in [-0.1, -0.05) is 74.5 Å². The zero-order valence-electron chi connectivity index (χ0n) is 21.1. The molecule has 2 aromatic carbocycles. The Morgan fingerprint density at radius 3 is 2.00 bits per heavy atom. The van der Waals surface area contributed by atoms with Crippen molar-refractivity contribution < 1.29 is 23.9 Å². The van der Waals surface area contributed by atoms with Gasteiger partial charge in [0.1, 0.15) is 12.2 Å². The molecule has 0 bridgehead atoms. The fourth-order valence-electron chi connectivity index (χ4n) is 3.06. The number of carbonyl (C=O) groups excluding carboxylic acids is 3. The smallest absolute Gasteiger partial charge is 0.429 e. The molecule has 3 amide bonds. The van der Waals surface area contributed by atoms with Crippen LogP contribution in [0.4, 0.5) is 9.59 Å². The Balaban J connectivity index is 2.04. The molecule has 0 aliphatic carbocycles. The number of rotatable bonds is 9. The van der Waals surface area contributed by atoms with E-state index in [1.807, 2.05) is 74.5 Å². The minimum absolute atomic E-state index is 0.0832. The van der Waals surface area contributed by atoms with Crippen molar-refractivity contribution in [2.75, 3.05) is 13.1 Å². The number of amides is 3. The van der Waals surface area contributed by atoms with E-state index < -0.39 is 23.7 Å². The number of carbonyl (C=O) groups is 3. The minimum Gasteiger partial charge on any atom is -0.443 e. The Morgan fingerprint density at radius 1 is 0.886 bits per heavy atom. The molecule has 9 heteroatoms. The lowest BCUT2D eigenvalue weighted by Crippen LogP contribution is -2.53. The van der Waals surface area contributed by atoms with Gasteiger partial charge in [-0.25, -0.2) is 19.6 Å². The predicted molar refractivity (Wildman–Crippen MR) is 133 cm³/mol. The summed E-state index contributed by atoms with van der Waals surface area (Å²) in [7, 11) is 0. The molecule has 0 unspecified atom stereocenters. The highest BCUT2D eigenvalue weighted by molar-refractivity contribution is 5.81. The second-order valence-corrected chi connectivity index (χ2v) is 9.53. The number of benzene rings is 2. The largest absolute Gasteiger partial charge is 0.443 e. The standard InChI is InChI=1S/C26H36N4O5/c1-20(2)16-30(25(33)34-19-22-14-10-7-11-15-22)27-23(31)18-29(17-21-12-8-6-9-13-21)28-24(32)35-26(3,4)5/h6-15,20H,16-19H2,1-5H3,(H,27,31)(H,28,32). The van der Waals surface area contributed by atoms with E-state index >= 15 is 0 Å². The molecule has 0 aliphatic rings. The lowest BCUT2D eigenvalue weighted by Gasteiger charge is -2.28. The SMILES string of the molecule is CC(C)CN(NC(=O)CN(Cc1ccccc1)NC(=O)OC(C)(C)C)C(=O)OCc1ccccc1. The maximum atomic E-state index is 12.9. The van der Waals surface area contributed by atoms with Crippen LogP contribution < -0.4 is 10.9 Å². The first-order valence-corrected chi connectivity index (χ1v) is 11.6. The number of hydrogen-bond donors (Lipinski definition) is 2. The Kier molecular flexibility index (Phi) is 10.5. The van der Waals surface area contributed by atoms with Gasteiger partial charge in [-0.05, 0) is 37.8 Å². The Labute approximate surface area is 207 Å². The number of ether oxygens (including phenoxy) is 2. The van der Waals surface area contributed by atoms with Crippen LogP contribution in [0.3, 0.4) is 0 Å². The van der Waals surface area contributed by atoms with Crippen molar-refractivity contribution in [2.45, 2.75) is 53.4 Å². The lowest BCUT2D eigenvalue weighted by atomic mass is 10.2. The van der Waals surface area contributed by atoms with Gasteiger partial charge < -0.3 is 9.47 Å². The van der Waals surface area contributed by atoms with Gasteiger partial charge in [0.2, 0.25) is 0 Å². The van der Waals surface area contributed by atoms with Crippen LogP contribution in [0.15, 0.2) is 60.7 Å². The molecule has 0 saturated carbocycles. The van der Waals surface area contributed by atoms with E-state index in [2.05, 4.69) is 10.9 Å². The van der Waals surface area contributed by atoms with Crippen molar-refractivity contribution in [3.63, 3.8) is 0 Å². The third-order valence-corrected chi connectivity index (χ3v) is 4.43. The first kappa shape index (κ1) is 27.7. The van der Waals surface area contributed by atoms with Gasteiger partial charge in [0.25, 0.3) is 5.91 Å². The van der Waals surface area contributed by atoms with Crippen LogP contribution >= 0.6 is 0 Å². The topological polar surface area (TPSA) is 100 Å². The molecule has 0 aliphatic heterocycles. The highest BCUT2D eigenvalue weighted by atomic mass is 16.6. The van der Waals surface area contributed by atoms with Gasteiger partial charge in [-0.3, -0.25) is 15.6 Å². The van der Waals surface area contributed by atoms with E-state index in [1.165, 1.54) is 5.01 Å². The molecule has 0 aromatic heterocycles. The van der Waals surface area contributed by atoms with Crippen LogP contribution in [0.1, 0.15) is 45.7 Å². The van der Waals surface area contributed by atoms with Crippen LogP contribution in [-0.2, 0) is 27.4 Å². The molecule has 0 heterocycles. The molecular formula is C26H36N4O5. The number of hydrazine groups is 2. The maximum absolute atomic E-state index is 12.9. The molecular weight excluding hydrogens is 448 g/mol. The predicted octanol–water partition coefficient (Wildman–Crippen LogP) is 4.25. The number of hydrogen-bond acceptors (Lipinski definition) is 6. The molecule has 2 aromatic rings. The number of nitrogens with zero attached hydrogens (tertiary/aromatic N) is 2. The van der Waals surface area contributed by atoms with Crippen molar-refractivity contribution in [1.82, 2.24) is 20.9 Å². The van der Waals surface area contributed by atoms with Crippen LogP contribution in [0.5, 0.6) is 0 Å². The zero-order valence-corrected chi connectivity index (χ0v) is 21.1. The van der Waals surface area contributed by atoms with E-state index in [0.29, 0.717) is 0 Å². The van der Waals surface area contributed by atoms with Gasteiger partial charge in [0.15, 0.2) is 0 Å². The minimum atomic E-state index is -0.693. The van der Waals surface area contributed by atoms with Crippen molar-refractivity contribution in [3.8, 4) is 0 Å². The van der Waals surface area contributed by atoms with E-state index in [-0.39, 0.29) is 32.2 Å². The highest BCUT2D eigenvalue weighted by Gasteiger charge is 2.23. The Bertz CT molecular complexity index is 945. The summed E-state index contributed by atoms with van der Waals surface area (Å²) in [5.74, 6) is -0.408. The van der Waals surface area contributed by atoms with Gasteiger partial charge in [-0.15, -0.1) is 0 Å². The molecule has 0 saturated heterocycles. The maximum Gasteiger partial charge on any atom is 0.429 e. The van der Waals surface area contributed by atoms with Crippen LogP contribution in [0, 0.1) is 5.92 Å². The third kappa shape index (κ3) is 11.4. The van der Waals surface area contributed by atoms with Gasteiger partial charge >= 0.3 is 12.2 Å². The Morgan fingerprint density at radius 2 is 1.46 bits per heavy atom. The average Bonchev–Trinajstić information content (AvgIpc) is 2.76. The molecule has 0 spiro atoms. The molecule has 0 fully saturated rings. The molecule has 2 rings (SSSR count). The van der Waals surface area contributed by atoms with Crippen LogP contribution in [0.25, 0.3) is 0 Å². The second-order valence-electron chi connectivity index (χ2n) is 9.53. The molecule has 190 valence electrons.